The van der Waals surface area contributed by atoms with Crippen LogP contribution in [0.1, 0.15) is 13.3 Å². The number of methoxy groups -OCH3 is 1. The molecule has 0 radical (unpaired) electrons. The molecule has 0 spiro atoms. The molecule has 1 saturated heterocycles. The lowest BCUT2D eigenvalue weighted by molar-refractivity contribution is 0.411. The molecule has 94 valence electrons. The highest BCUT2D eigenvalue weighted by Crippen LogP contribution is 2.29. The molecule has 1 heterocycles. The van der Waals surface area contributed by atoms with Gasteiger partial charge in [-0.15, -0.1) is 0 Å². The first-order valence-electron chi connectivity index (χ1n) is 6.02. The van der Waals surface area contributed by atoms with Crippen molar-refractivity contribution >= 4 is 5.69 Å². The van der Waals surface area contributed by atoms with Crippen LogP contribution in [0.25, 0.3) is 0 Å². The molecule has 0 aromatic heterocycles. The van der Waals surface area contributed by atoms with Crippen molar-refractivity contribution in [1.82, 2.24) is 5.32 Å². The lowest BCUT2D eigenvalue weighted by Gasteiger charge is -2.24. The molecule has 0 amide bonds. The zero-order chi connectivity index (χ0) is 12.3. The smallest absolute Gasteiger partial charge is 0.145 e. The average Bonchev–Trinajstić information content (AvgIpc) is 2.54. The minimum absolute atomic E-state index is 0.257. The van der Waals surface area contributed by atoms with E-state index in [1.165, 1.54) is 12.1 Å². The van der Waals surface area contributed by atoms with Gasteiger partial charge in [0.25, 0.3) is 0 Å². The van der Waals surface area contributed by atoms with Gasteiger partial charge in [0.1, 0.15) is 11.6 Å². The molecule has 1 unspecified atom stereocenters. The maximum Gasteiger partial charge on any atom is 0.145 e. The van der Waals surface area contributed by atoms with Gasteiger partial charge in [-0.2, -0.15) is 0 Å². The van der Waals surface area contributed by atoms with Crippen LogP contribution < -0.4 is 15.0 Å². The van der Waals surface area contributed by atoms with E-state index in [1.807, 2.05) is 0 Å². The standard InChI is InChI=1S/C13H19FN2O/c1-10-5-7-16(8-6-15-10)12-4-3-11(14)9-13(12)17-2/h3-4,9-10,15H,5-8H2,1-2H3. The van der Waals surface area contributed by atoms with Crippen molar-refractivity contribution in [1.29, 1.82) is 0 Å². The van der Waals surface area contributed by atoms with Crippen molar-refractivity contribution in [2.24, 2.45) is 0 Å². The zero-order valence-corrected chi connectivity index (χ0v) is 10.4. The van der Waals surface area contributed by atoms with E-state index in [-0.39, 0.29) is 5.82 Å². The normalized spacial score (nSPS) is 21.1. The highest BCUT2D eigenvalue weighted by Gasteiger charge is 2.16. The minimum Gasteiger partial charge on any atom is -0.494 e. The summed E-state index contributed by atoms with van der Waals surface area (Å²) in [5.74, 6) is 0.353. The van der Waals surface area contributed by atoms with E-state index in [0.717, 1.165) is 31.7 Å². The second-order valence-electron chi connectivity index (χ2n) is 4.45. The Kier molecular flexibility index (Phi) is 3.84. The van der Waals surface area contributed by atoms with Gasteiger partial charge in [-0.05, 0) is 25.5 Å². The Morgan fingerprint density at radius 2 is 2.24 bits per heavy atom. The third kappa shape index (κ3) is 2.88. The number of ether oxygens (including phenoxy) is 1. The second-order valence-corrected chi connectivity index (χ2v) is 4.45. The average molecular weight is 238 g/mol. The Labute approximate surface area is 102 Å². The van der Waals surface area contributed by atoms with E-state index in [9.17, 15) is 4.39 Å². The SMILES string of the molecule is COc1cc(F)ccc1N1CCNC(C)CC1. The maximum absolute atomic E-state index is 13.1. The lowest BCUT2D eigenvalue weighted by atomic mass is 10.2. The van der Waals surface area contributed by atoms with Crippen molar-refractivity contribution in [3.8, 4) is 5.75 Å². The van der Waals surface area contributed by atoms with Gasteiger partial charge < -0.3 is 15.0 Å². The fraction of sp³-hybridized carbons (Fsp3) is 0.538. The number of nitrogens with zero attached hydrogens (tertiary/aromatic N) is 1. The summed E-state index contributed by atoms with van der Waals surface area (Å²) in [6, 6.07) is 5.26. The summed E-state index contributed by atoms with van der Waals surface area (Å²) in [6.45, 7) is 5.02. The van der Waals surface area contributed by atoms with Crippen LogP contribution >= 0.6 is 0 Å². The Balaban J connectivity index is 2.20. The molecule has 4 heteroatoms. The largest absolute Gasteiger partial charge is 0.494 e. The number of hydrogen-bond donors (Lipinski definition) is 1. The molecule has 0 bridgehead atoms. The Hall–Kier alpha value is -1.29. The van der Waals surface area contributed by atoms with Gasteiger partial charge in [0.05, 0.1) is 12.8 Å². The molecule has 1 aromatic rings. The molecular weight excluding hydrogens is 219 g/mol. The highest BCUT2D eigenvalue weighted by molar-refractivity contribution is 5.58. The summed E-state index contributed by atoms with van der Waals surface area (Å²) in [4.78, 5) is 2.24. The molecule has 1 aliphatic rings. The van der Waals surface area contributed by atoms with E-state index in [4.69, 9.17) is 4.74 Å². The molecule has 1 N–H and O–H groups in total. The summed E-state index contributed by atoms with van der Waals surface area (Å²) >= 11 is 0. The second kappa shape index (κ2) is 5.36. The summed E-state index contributed by atoms with van der Waals surface area (Å²) in [6.07, 6.45) is 1.08. The van der Waals surface area contributed by atoms with Crippen LogP contribution in [0.5, 0.6) is 5.75 Å². The van der Waals surface area contributed by atoms with E-state index in [0.29, 0.717) is 11.8 Å². The molecular formula is C13H19FN2O. The third-order valence-corrected chi connectivity index (χ3v) is 3.19. The number of anilines is 1. The lowest BCUT2D eigenvalue weighted by Crippen LogP contribution is -2.29. The topological polar surface area (TPSA) is 24.5 Å². The van der Waals surface area contributed by atoms with Crippen molar-refractivity contribution in [3.63, 3.8) is 0 Å². The molecule has 1 fully saturated rings. The zero-order valence-electron chi connectivity index (χ0n) is 10.4. The van der Waals surface area contributed by atoms with Gasteiger partial charge in [-0.1, -0.05) is 0 Å². The van der Waals surface area contributed by atoms with Crippen LogP contribution in [0.4, 0.5) is 10.1 Å². The Morgan fingerprint density at radius 1 is 1.41 bits per heavy atom. The van der Waals surface area contributed by atoms with Crippen molar-refractivity contribution < 1.29 is 9.13 Å². The first-order chi connectivity index (χ1) is 8.20. The molecule has 2 rings (SSSR count). The maximum atomic E-state index is 13.1. The molecule has 1 atom stereocenters. The number of nitrogens with one attached hydrogen (secondary N) is 1. The van der Waals surface area contributed by atoms with E-state index in [2.05, 4.69) is 17.1 Å². The van der Waals surface area contributed by atoms with Gasteiger partial charge in [0, 0.05) is 31.7 Å². The van der Waals surface area contributed by atoms with Gasteiger partial charge in [-0.25, -0.2) is 4.39 Å². The molecule has 1 aromatic carbocycles. The van der Waals surface area contributed by atoms with E-state index < -0.39 is 0 Å². The predicted molar refractivity (Wildman–Crippen MR) is 67.2 cm³/mol. The molecule has 0 saturated carbocycles. The minimum atomic E-state index is -0.257. The van der Waals surface area contributed by atoms with Crippen LogP contribution in [0.3, 0.4) is 0 Å². The number of benzene rings is 1. The van der Waals surface area contributed by atoms with E-state index >= 15 is 0 Å². The molecule has 0 aliphatic carbocycles. The van der Waals surface area contributed by atoms with Crippen LogP contribution in [0.15, 0.2) is 18.2 Å². The monoisotopic (exact) mass is 238 g/mol. The van der Waals surface area contributed by atoms with Crippen LogP contribution in [0, 0.1) is 5.82 Å². The number of halogens is 1. The molecule has 3 nitrogen and oxygen atoms in total. The quantitative estimate of drug-likeness (QED) is 0.853. The Morgan fingerprint density at radius 3 is 3.00 bits per heavy atom. The van der Waals surface area contributed by atoms with Gasteiger partial charge in [0.15, 0.2) is 0 Å². The Bertz CT molecular complexity index is 384. The van der Waals surface area contributed by atoms with Gasteiger partial charge in [0.2, 0.25) is 0 Å². The summed E-state index contributed by atoms with van der Waals surface area (Å²) < 4.78 is 18.4. The summed E-state index contributed by atoms with van der Waals surface area (Å²) in [5, 5.41) is 3.44. The fourth-order valence-corrected chi connectivity index (χ4v) is 2.16. The molecule has 17 heavy (non-hydrogen) atoms. The van der Waals surface area contributed by atoms with E-state index in [1.54, 1.807) is 13.2 Å². The molecule has 1 aliphatic heterocycles. The van der Waals surface area contributed by atoms with Crippen LogP contribution in [0.2, 0.25) is 0 Å². The first kappa shape index (κ1) is 12.2. The van der Waals surface area contributed by atoms with Crippen molar-refractivity contribution in [2.75, 3.05) is 31.6 Å². The van der Waals surface area contributed by atoms with Crippen LogP contribution in [-0.2, 0) is 0 Å². The van der Waals surface area contributed by atoms with Crippen molar-refractivity contribution in [2.45, 2.75) is 19.4 Å². The highest BCUT2D eigenvalue weighted by atomic mass is 19.1. The number of rotatable bonds is 2. The first-order valence-corrected chi connectivity index (χ1v) is 6.02. The van der Waals surface area contributed by atoms with Crippen LogP contribution in [-0.4, -0.2) is 32.8 Å². The van der Waals surface area contributed by atoms with Gasteiger partial charge >= 0.3 is 0 Å². The predicted octanol–water partition coefficient (Wildman–Crippen LogP) is 2.02. The third-order valence-electron chi connectivity index (χ3n) is 3.19. The summed E-state index contributed by atoms with van der Waals surface area (Å²) in [7, 11) is 1.58. The number of hydrogen-bond acceptors (Lipinski definition) is 3. The van der Waals surface area contributed by atoms with Crippen molar-refractivity contribution in [3.05, 3.63) is 24.0 Å². The summed E-state index contributed by atoms with van der Waals surface area (Å²) in [5.41, 5.74) is 0.977. The van der Waals surface area contributed by atoms with Gasteiger partial charge in [-0.3, -0.25) is 0 Å². The fourth-order valence-electron chi connectivity index (χ4n) is 2.16.